The molecular formula is C45H63Cl3SiTi. The first-order valence-corrected chi connectivity index (χ1v) is 20.1. The summed E-state index contributed by atoms with van der Waals surface area (Å²) < 4.78 is 0. The van der Waals surface area contributed by atoms with Gasteiger partial charge in [0.05, 0.1) is 0 Å². The van der Waals surface area contributed by atoms with Gasteiger partial charge in [-0.05, 0) is 84.4 Å². The van der Waals surface area contributed by atoms with Crippen molar-refractivity contribution in [3.63, 3.8) is 0 Å². The van der Waals surface area contributed by atoms with Crippen molar-refractivity contribution in [3.05, 3.63) is 110 Å². The molecule has 0 atom stereocenters. The van der Waals surface area contributed by atoms with E-state index in [-0.39, 0.29) is 58.9 Å². The van der Waals surface area contributed by atoms with E-state index in [4.69, 9.17) is 0 Å². The Kier molecular flexibility index (Phi) is 18.8. The maximum absolute atomic E-state index is 2.86. The fourth-order valence-corrected chi connectivity index (χ4v) is 13.1. The summed E-state index contributed by atoms with van der Waals surface area (Å²) in [6, 6.07) is 23.3. The molecule has 0 aromatic heterocycles. The standard InChI is InChI=1S/C45H63Si.3ClH.Ti/c1-26(2)36-17-37(27(3)4)21-42(20-36)46(45-34(15)32(13)33(14)35(45)16,43-22-38(28(5)6)18-39(23-43)29(7)8)44-24-40(30(9)10)19-41(25-44)31(11)12;;;;/h17-31H,1-16H3;3*1H;/q-1;;;;+4/p-3. The first-order chi connectivity index (χ1) is 21.4. The minimum Gasteiger partial charge on any atom is -1.00 e. The Labute approximate surface area is 341 Å². The van der Waals surface area contributed by atoms with E-state index in [2.05, 4.69) is 165 Å². The molecule has 5 heteroatoms. The molecule has 0 unspecified atom stereocenters. The van der Waals surface area contributed by atoms with E-state index in [0.717, 1.165) is 0 Å². The van der Waals surface area contributed by atoms with Crippen LogP contribution in [0.15, 0.2) is 54.6 Å². The molecule has 272 valence electrons. The Balaban J connectivity index is 0.00000600. The molecule has 0 nitrogen and oxygen atoms in total. The minimum absolute atomic E-state index is 0. The van der Waals surface area contributed by atoms with Crippen LogP contribution in [0, 0.1) is 27.7 Å². The Hall–Kier alpha value is -1.19. The van der Waals surface area contributed by atoms with Gasteiger partial charge in [0.25, 0.3) is 0 Å². The Morgan fingerprint density at radius 3 is 0.780 bits per heavy atom. The van der Waals surface area contributed by atoms with Crippen LogP contribution in [-0.4, -0.2) is 8.07 Å². The molecule has 0 fully saturated rings. The van der Waals surface area contributed by atoms with Crippen LogP contribution < -0.4 is 58.0 Å². The number of benzene rings is 3. The second kappa shape index (κ2) is 19.2. The molecule has 0 bridgehead atoms. The molecule has 0 heterocycles. The van der Waals surface area contributed by atoms with Crippen LogP contribution in [0.3, 0.4) is 0 Å². The first-order valence-electron chi connectivity index (χ1n) is 18.1. The minimum atomic E-state index is -2.86. The summed E-state index contributed by atoms with van der Waals surface area (Å²) >= 11 is 0. The SMILES string of the molecule is Cc1c(C)c([Si](c2cc(C(C)C)cc(C(C)C)c2)(c2cc(C(C)C)cc(C(C)C)c2)c2cc(C(C)C)cc(C(C)C)c2)[c-](C)c1C.[Cl-].[Cl-].[Cl-].[Ti+4]. The summed E-state index contributed by atoms with van der Waals surface area (Å²) in [5.74, 6) is 2.73. The third kappa shape index (κ3) is 9.29. The summed E-state index contributed by atoms with van der Waals surface area (Å²) in [4.78, 5) is 0. The number of halogens is 3. The van der Waals surface area contributed by atoms with Crippen LogP contribution in [0.25, 0.3) is 0 Å². The molecule has 4 aromatic carbocycles. The molecule has 0 spiro atoms. The average Bonchev–Trinajstić information content (AvgIpc) is 3.19. The second-order valence-electron chi connectivity index (χ2n) is 16.2. The van der Waals surface area contributed by atoms with Crippen molar-refractivity contribution in [2.45, 2.75) is 146 Å². The molecule has 0 aliphatic heterocycles. The van der Waals surface area contributed by atoms with Crippen molar-refractivity contribution in [1.82, 2.24) is 0 Å². The third-order valence-corrected chi connectivity index (χ3v) is 16.0. The van der Waals surface area contributed by atoms with Crippen LogP contribution in [0.5, 0.6) is 0 Å². The van der Waals surface area contributed by atoms with E-state index in [0.29, 0.717) is 35.5 Å². The van der Waals surface area contributed by atoms with Crippen molar-refractivity contribution in [1.29, 1.82) is 0 Å². The molecule has 0 N–H and O–H groups in total. The molecular weight excluding hydrogens is 723 g/mol. The third-order valence-electron chi connectivity index (χ3n) is 11.0. The van der Waals surface area contributed by atoms with E-state index < -0.39 is 8.07 Å². The molecule has 0 amide bonds. The topological polar surface area (TPSA) is 0 Å². The van der Waals surface area contributed by atoms with E-state index in [1.165, 1.54) is 55.6 Å². The van der Waals surface area contributed by atoms with E-state index in [9.17, 15) is 0 Å². The molecule has 0 aliphatic carbocycles. The summed E-state index contributed by atoms with van der Waals surface area (Å²) in [6.45, 7) is 38.0. The van der Waals surface area contributed by atoms with Gasteiger partial charge in [0, 0.05) is 0 Å². The van der Waals surface area contributed by atoms with Gasteiger partial charge in [-0.25, -0.2) is 0 Å². The van der Waals surface area contributed by atoms with Crippen molar-refractivity contribution < 1.29 is 58.9 Å². The number of hydrogen-bond donors (Lipinski definition) is 0. The predicted octanol–water partition coefficient (Wildman–Crippen LogP) is 1.77. The maximum Gasteiger partial charge on any atom is 4.00 e. The maximum atomic E-state index is 2.63. The number of rotatable bonds is 10. The van der Waals surface area contributed by atoms with Crippen LogP contribution in [0.1, 0.15) is 174 Å². The zero-order chi connectivity index (χ0) is 34.4. The van der Waals surface area contributed by atoms with Crippen LogP contribution in [-0.2, 0) is 21.7 Å². The summed E-state index contributed by atoms with van der Waals surface area (Å²) in [7, 11) is -2.86. The van der Waals surface area contributed by atoms with Gasteiger partial charge in [0.15, 0.2) is 8.07 Å². The van der Waals surface area contributed by atoms with Crippen molar-refractivity contribution in [2.75, 3.05) is 0 Å². The van der Waals surface area contributed by atoms with Crippen molar-refractivity contribution >= 4 is 28.8 Å². The van der Waals surface area contributed by atoms with Crippen LogP contribution in [0.2, 0.25) is 0 Å². The Morgan fingerprint density at radius 1 is 0.400 bits per heavy atom. The quantitative estimate of drug-likeness (QED) is 0.131. The van der Waals surface area contributed by atoms with Gasteiger partial charge in [-0.3, -0.25) is 0 Å². The smallest absolute Gasteiger partial charge is 1.00 e. The molecule has 0 saturated heterocycles. The molecule has 0 aliphatic rings. The normalized spacial score (nSPS) is 11.6. The second-order valence-corrected chi connectivity index (χ2v) is 20.0. The van der Waals surface area contributed by atoms with Gasteiger partial charge in [0.1, 0.15) is 0 Å². The predicted molar refractivity (Wildman–Crippen MR) is 209 cm³/mol. The molecule has 4 rings (SSSR count). The fraction of sp³-hybridized carbons (Fsp3) is 0.489. The monoisotopic (exact) mass is 784 g/mol. The summed E-state index contributed by atoms with van der Waals surface area (Å²) in [5, 5.41) is 6.25. The van der Waals surface area contributed by atoms with Gasteiger partial charge in [-0.2, -0.15) is 27.4 Å². The Morgan fingerprint density at radius 2 is 0.620 bits per heavy atom. The largest absolute Gasteiger partial charge is 4.00 e. The van der Waals surface area contributed by atoms with Gasteiger partial charge < -0.3 is 37.2 Å². The van der Waals surface area contributed by atoms with E-state index >= 15 is 0 Å². The first kappa shape index (κ1) is 48.8. The fourth-order valence-electron chi connectivity index (χ4n) is 7.39. The zero-order valence-corrected chi connectivity index (χ0v) is 38.6. The van der Waals surface area contributed by atoms with E-state index in [1.54, 1.807) is 20.7 Å². The molecule has 0 saturated carbocycles. The Bertz CT molecular complexity index is 1450. The zero-order valence-electron chi connectivity index (χ0n) is 33.8. The average molecular weight is 786 g/mol. The van der Waals surface area contributed by atoms with E-state index in [1.807, 2.05) is 0 Å². The van der Waals surface area contributed by atoms with Gasteiger partial charge in [-0.1, -0.05) is 165 Å². The van der Waals surface area contributed by atoms with Crippen molar-refractivity contribution in [3.8, 4) is 0 Å². The molecule has 50 heavy (non-hydrogen) atoms. The summed E-state index contributed by atoms with van der Waals surface area (Å²) in [6.07, 6.45) is 0. The van der Waals surface area contributed by atoms with Crippen molar-refractivity contribution in [2.24, 2.45) is 0 Å². The van der Waals surface area contributed by atoms with Gasteiger partial charge in [0.2, 0.25) is 0 Å². The molecule has 0 radical (unpaired) electrons. The van der Waals surface area contributed by atoms with Crippen LogP contribution in [0.4, 0.5) is 0 Å². The number of hydrogen-bond acceptors (Lipinski definition) is 0. The molecule has 4 aromatic rings. The van der Waals surface area contributed by atoms with Gasteiger partial charge >= 0.3 is 21.7 Å². The van der Waals surface area contributed by atoms with Gasteiger partial charge in [-0.15, -0.1) is 0 Å². The van der Waals surface area contributed by atoms with Crippen LogP contribution >= 0.6 is 0 Å². The summed E-state index contributed by atoms with van der Waals surface area (Å²) in [5.41, 5.74) is 14.7.